The molecule has 2 aliphatic heterocycles. The molecule has 3 heterocycles. The molecule has 7 rings (SSSR count). The fourth-order valence-electron chi connectivity index (χ4n) is 7.17. The van der Waals surface area contributed by atoms with E-state index in [9.17, 15) is 18.0 Å². The zero-order valence-corrected chi connectivity index (χ0v) is 22.4. The van der Waals surface area contributed by atoms with Gasteiger partial charge in [-0.15, -0.1) is 13.2 Å². The van der Waals surface area contributed by atoms with E-state index in [4.69, 9.17) is 9.72 Å². The van der Waals surface area contributed by atoms with E-state index in [-0.39, 0.29) is 29.2 Å². The first-order valence-corrected chi connectivity index (χ1v) is 14.4. The van der Waals surface area contributed by atoms with Crippen molar-refractivity contribution in [2.75, 3.05) is 44.3 Å². The van der Waals surface area contributed by atoms with E-state index in [2.05, 4.69) is 19.9 Å². The van der Waals surface area contributed by atoms with Gasteiger partial charge in [0.25, 0.3) is 0 Å². The number of carbonyl (C=O) groups excluding carboxylic acids is 1. The van der Waals surface area contributed by atoms with Gasteiger partial charge in [-0.2, -0.15) is 0 Å². The molecule has 2 saturated carbocycles. The predicted octanol–water partition coefficient (Wildman–Crippen LogP) is 3.48. The maximum absolute atomic E-state index is 14.2. The summed E-state index contributed by atoms with van der Waals surface area (Å²) in [7, 11) is 0. The number of nitrogens with zero attached hydrogens (tertiary/aromatic N) is 4. The van der Waals surface area contributed by atoms with Crippen molar-refractivity contribution >= 4 is 11.7 Å². The summed E-state index contributed by atoms with van der Waals surface area (Å²) in [6.45, 7) is 3.91. The van der Waals surface area contributed by atoms with Crippen LogP contribution < -0.4 is 15.0 Å². The minimum Gasteiger partial charge on any atom is -0.406 e. The number of aromatic nitrogens is 2. The molecule has 1 spiro atoms. The standard InChI is InChI=1S/C29H34F3N5O3/c30-29(31,32)40-21-3-1-19(2-4-21)28(17-23(28)35-20-6-15-39-16-7-20)26(38)37-13-11-36(12-14-37)25-24-22(33-18-34-25)5-8-27(24)9-10-27/h1-4,18,20,23,35H,5-17H2. The van der Waals surface area contributed by atoms with E-state index in [0.717, 1.165) is 37.1 Å². The lowest BCUT2D eigenvalue weighted by atomic mass is 9.92. The fourth-order valence-corrected chi connectivity index (χ4v) is 7.17. The van der Waals surface area contributed by atoms with Crippen molar-refractivity contribution in [3.8, 4) is 5.75 Å². The second-order valence-electron chi connectivity index (χ2n) is 11.9. The first-order valence-electron chi connectivity index (χ1n) is 14.4. The third-order valence-electron chi connectivity index (χ3n) is 9.60. The molecule has 8 nitrogen and oxygen atoms in total. The van der Waals surface area contributed by atoms with Crippen molar-refractivity contribution in [1.29, 1.82) is 0 Å². The van der Waals surface area contributed by atoms with Gasteiger partial charge in [0.1, 0.15) is 17.9 Å². The van der Waals surface area contributed by atoms with Gasteiger partial charge in [-0.1, -0.05) is 12.1 Å². The summed E-state index contributed by atoms with van der Waals surface area (Å²) in [5, 5.41) is 3.67. The number of carbonyl (C=O) groups is 1. The highest BCUT2D eigenvalue weighted by Crippen LogP contribution is 2.58. The molecule has 0 bridgehead atoms. The van der Waals surface area contributed by atoms with Crippen LogP contribution in [-0.2, 0) is 26.8 Å². The summed E-state index contributed by atoms with van der Waals surface area (Å²) >= 11 is 0. The predicted molar refractivity (Wildman–Crippen MR) is 140 cm³/mol. The van der Waals surface area contributed by atoms with E-state index >= 15 is 0 Å². The minimum atomic E-state index is -4.76. The Morgan fingerprint density at radius 2 is 1.75 bits per heavy atom. The molecule has 5 aliphatic rings. The lowest BCUT2D eigenvalue weighted by Crippen LogP contribution is -2.53. The number of hydrogen-bond acceptors (Lipinski definition) is 7. The number of benzene rings is 1. The molecular weight excluding hydrogens is 523 g/mol. The Bertz CT molecular complexity index is 1270. The fraction of sp³-hybridized carbons (Fsp3) is 0.621. The third kappa shape index (κ3) is 4.60. The van der Waals surface area contributed by atoms with Gasteiger partial charge in [-0.25, -0.2) is 9.97 Å². The highest BCUT2D eigenvalue weighted by molar-refractivity contribution is 5.93. The molecule has 1 aromatic heterocycles. The Morgan fingerprint density at radius 1 is 1.02 bits per heavy atom. The van der Waals surface area contributed by atoms with Crippen molar-refractivity contribution in [2.45, 2.75) is 74.2 Å². The molecule has 4 fully saturated rings. The van der Waals surface area contributed by atoms with Gasteiger partial charge in [0.05, 0.1) is 5.41 Å². The molecule has 11 heteroatoms. The van der Waals surface area contributed by atoms with Crippen molar-refractivity contribution in [3.63, 3.8) is 0 Å². The first-order chi connectivity index (χ1) is 19.3. The van der Waals surface area contributed by atoms with Crippen LogP contribution in [0.1, 0.15) is 55.3 Å². The summed E-state index contributed by atoms with van der Waals surface area (Å²) < 4.78 is 47.8. The highest BCUT2D eigenvalue weighted by Gasteiger charge is 2.63. The van der Waals surface area contributed by atoms with Gasteiger partial charge >= 0.3 is 6.36 Å². The van der Waals surface area contributed by atoms with Crippen molar-refractivity contribution in [3.05, 3.63) is 47.4 Å². The first kappa shape index (κ1) is 26.0. The van der Waals surface area contributed by atoms with Crippen LogP contribution in [0.4, 0.5) is 19.0 Å². The normalized spacial score (nSPS) is 27.5. The number of fused-ring (bicyclic) bond motifs is 2. The monoisotopic (exact) mass is 557 g/mol. The number of piperazine rings is 1. The number of hydrogen-bond donors (Lipinski definition) is 1. The Kier molecular flexibility index (Phi) is 6.23. The number of alkyl halides is 3. The van der Waals surface area contributed by atoms with E-state index in [1.165, 1.54) is 36.2 Å². The van der Waals surface area contributed by atoms with E-state index in [1.54, 1.807) is 18.5 Å². The number of amides is 1. The van der Waals surface area contributed by atoms with Gasteiger partial charge in [0, 0.05) is 68.1 Å². The Labute approximate surface area is 231 Å². The smallest absolute Gasteiger partial charge is 0.406 e. The molecule has 1 aromatic carbocycles. The van der Waals surface area contributed by atoms with Gasteiger partial charge in [-0.05, 0) is 62.6 Å². The number of nitrogens with one attached hydrogen (secondary N) is 1. The third-order valence-corrected chi connectivity index (χ3v) is 9.60. The molecule has 2 atom stereocenters. The zero-order valence-electron chi connectivity index (χ0n) is 22.4. The summed E-state index contributed by atoms with van der Waals surface area (Å²) in [5.74, 6) is 0.785. The van der Waals surface area contributed by atoms with Crippen LogP contribution in [-0.4, -0.2) is 78.6 Å². The van der Waals surface area contributed by atoms with Crippen LogP contribution in [0.5, 0.6) is 5.75 Å². The SMILES string of the molecule is O=C(N1CCN(c2ncnc3c2C2(CC3)CC2)CC1)C1(c2ccc(OC(F)(F)F)cc2)CC1NC1CCOCC1. The largest absolute Gasteiger partial charge is 0.573 e. The lowest BCUT2D eigenvalue weighted by Gasteiger charge is -2.38. The summed E-state index contributed by atoms with van der Waals surface area (Å²) in [4.78, 5) is 27.7. The van der Waals surface area contributed by atoms with Gasteiger partial charge in [0.2, 0.25) is 5.91 Å². The topological polar surface area (TPSA) is 79.8 Å². The zero-order chi connectivity index (χ0) is 27.5. The minimum absolute atomic E-state index is 0.0350. The summed E-state index contributed by atoms with van der Waals surface area (Å²) in [6, 6.07) is 6.02. The van der Waals surface area contributed by atoms with E-state index in [0.29, 0.717) is 45.8 Å². The van der Waals surface area contributed by atoms with Crippen LogP contribution in [0.2, 0.25) is 0 Å². The number of aryl methyl sites for hydroxylation is 1. The maximum Gasteiger partial charge on any atom is 0.573 e. The molecular formula is C29H34F3N5O3. The molecule has 1 amide bonds. The second kappa shape index (κ2) is 9.58. The van der Waals surface area contributed by atoms with Crippen molar-refractivity contribution < 1.29 is 27.4 Å². The van der Waals surface area contributed by atoms with Gasteiger partial charge in [0.15, 0.2) is 0 Å². The van der Waals surface area contributed by atoms with Crippen LogP contribution >= 0.6 is 0 Å². The Morgan fingerprint density at radius 3 is 2.42 bits per heavy atom. The molecule has 3 aliphatic carbocycles. The average Bonchev–Trinajstić information content (AvgIpc) is 3.85. The molecule has 2 unspecified atom stereocenters. The molecule has 1 N–H and O–H groups in total. The van der Waals surface area contributed by atoms with Gasteiger partial charge in [-0.3, -0.25) is 4.79 Å². The Balaban J connectivity index is 1.09. The lowest BCUT2D eigenvalue weighted by molar-refractivity contribution is -0.274. The molecule has 40 heavy (non-hydrogen) atoms. The molecule has 0 radical (unpaired) electrons. The quantitative estimate of drug-likeness (QED) is 0.583. The maximum atomic E-state index is 14.2. The van der Waals surface area contributed by atoms with E-state index < -0.39 is 11.8 Å². The van der Waals surface area contributed by atoms with Gasteiger partial charge < -0.3 is 24.6 Å². The number of ether oxygens (including phenoxy) is 2. The highest BCUT2D eigenvalue weighted by atomic mass is 19.4. The van der Waals surface area contributed by atoms with Crippen LogP contribution in [0.3, 0.4) is 0 Å². The second-order valence-corrected chi connectivity index (χ2v) is 11.9. The van der Waals surface area contributed by atoms with Crippen molar-refractivity contribution in [1.82, 2.24) is 20.2 Å². The Hall–Kier alpha value is -2.92. The average molecular weight is 558 g/mol. The molecule has 2 aromatic rings. The summed E-state index contributed by atoms with van der Waals surface area (Å²) in [6.07, 6.45) is 3.86. The van der Waals surface area contributed by atoms with Crippen molar-refractivity contribution in [2.24, 2.45) is 0 Å². The number of halogens is 3. The van der Waals surface area contributed by atoms with Crippen LogP contribution in [0.15, 0.2) is 30.6 Å². The molecule has 214 valence electrons. The molecule has 2 saturated heterocycles. The van der Waals surface area contributed by atoms with E-state index in [1.807, 2.05) is 4.90 Å². The number of anilines is 1. The summed E-state index contributed by atoms with van der Waals surface area (Å²) in [5.41, 5.74) is 2.70. The van der Waals surface area contributed by atoms with Crippen LogP contribution in [0.25, 0.3) is 0 Å². The van der Waals surface area contributed by atoms with Crippen LogP contribution in [0, 0.1) is 0 Å². The number of rotatable bonds is 6.